The first kappa shape index (κ1) is 17.3. The molecule has 0 aliphatic rings. The molecule has 0 aliphatic heterocycles. The average molecular weight is 311 g/mol. The molecule has 0 spiro atoms. The van der Waals surface area contributed by atoms with Gasteiger partial charge in [-0.15, -0.1) is 12.4 Å². The van der Waals surface area contributed by atoms with Gasteiger partial charge in [0.2, 0.25) is 0 Å². The van der Waals surface area contributed by atoms with Crippen molar-refractivity contribution >= 4 is 29.3 Å². The Bertz CT molecular complexity index is 574. The monoisotopic (exact) mass is 310 g/mol. The first-order valence-electron chi connectivity index (χ1n) is 6.50. The van der Waals surface area contributed by atoms with E-state index >= 15 is 0 Å². The van der Waals surface area contributed by atoms with E-state index in [0.717, 1.165) is 12.1 Å². The molecule has 0 saturated carbocycles. The molecule has 2 rings (SSSR count). The summed E-state index contributed by atoms with van der Waals surface area (Å²) in [5, 5.41) is 6.02. The van der Waals surface area contributed by atoms with Crippen LogP contribution in [-0.4, -0.2) is 49.2 Å². The zero-order valence-corrected chi connectivity index (χ0v) is 12.7. The summed E-state index contributed by atoms with van der Waals surface area (Å²) in [5.41, 5.74) is 1.89. The van der Waals surface area contributed by atoms with Crippen LogP contribution in [0.5, 0.6) is 0 Å². The van der Waals surface area contributed by atoms with Gasteiger partial charge in [-0.1, -0.05) is 6.07 Å². The molecule has 0 bridgehead atoms. The minimum Gasteiger partial charge on any atom is -0.383 e. The molecule has 1 amide bonds. The first-order valence-corrected chi connectivity index (χ1v) is 6.50. The lowest BCUT2D eigenvalue weighted by atomic mass is 10.1. The number of fused-ring (bicyclic) bond motifs is 1. The number of hydrogen-bond acceptors (Lipinski definition) is 5. The standard InChI is InChI=1S/C14H18N4O2.ClH/c1-20-10-9-15-5-6-18-14(19)11-3-2-4-12-13(11)17-8-7-16-12;/h2-4,7-8,15H,5-6,9-10H2,1H3,(H,18,19);1H. The smallest absolute Gasteiger partial charge is 0.253 e. The van der Waals surface area contributed by atoms with Gasteiger partial charge in [0.25, 0.3) is 5.91 Å². The highest BCUT2D eigenvalue weighted by Crippen LogP contribution is 2.13. The van der Waals surface area contributed by atoms with Crippen LogP contribution in [0.4, 0.5) is 0 Å². The summed E-state index contributed by atoms with van der Waals surface area (Å²) < 4.78 is 4.92. The van der Waals surface area contributed by atoms with Crippen LogP contribution in [0.1, 0.15) is 10.4 Å². The molecular weight excluding hydrogens is 292 g/mol. The fraction of sp³-hybridized carbons (Fsp3) is 0.357. The number of aromatic nitrogens is 2. The number of halogens is 1. The Morgan fingerprint density at radius 3 is 2.81 bits per heavy atom. The zero-order chi connectivity index (χ0) is 14.2. The van der Waals surface area contributed by atoms with E-state index in [9.17, 15) is 4.79 Å². The van der Waals surface area contributed by atoms with E-state index in [-0.39, 0.29) is 18.3 Å². The largest absolute Gasteiger partial charge is 0.383 e. The number of para-hydroxylation sites is 1. The number of amides is 1. The SMILES string of the molecule is COCCNCCNC(=O)c1cccc2nccnc12.Cl. The Hall–Kier alpha value is -1.76. The van der Waals surface area contributed by atoms with Crippen molar-refractivity contribution in [1.82, 2.24) is 20.6 Å². The molecule has 2 aromatic rings. The third-order valence-corrected chi connectivity index (χ3v) is 2.81. The lowest BCUT2D eigenvalue weighted by Crippen LogP contribution is -2.33. The van der Waals surface area contributed by atoms with Crippen LogP contribution in [0.3, 0.4) is 0 Å². The van der Waals surface area contributed by atoms with Crippen LogP contribution >= 0.6 is 12.4 Å². The molecule has 0 unspecified atom stereocenters. The topological polar surface area (TPSA) is 76.1 Å². The molecule has 1 heterocycles. The van der Waals surface area contributed by atoms with Crippen LogP contribution in [0.2, 0.25) is 0 Å². The van der Waals surface area contributed by atoms with Gasteiger partial charge in [0.1, 0.15) is 5.52 Å². The Morgan fingerprint density at radius 2 is 2.00 bits per heavy atom. The number of carbonyl (C=O) groups is 1. The highest BCUT2D eigenvalue weighted by molar-refractivity contribution is 6.04. The van der Waals surface area contributed by atoms with E-state index in [2.05, 4.69) is 20.6 Å². The number of methoxy groups -OCH3 is 1. The average Bonchev–Trinajstić information content (AvgIpc) is 2.50. The summed E-state index contributed by atoms with van der Waals surface area (Å²) >= 11 is 0. The summed E-state index contributed by atoms with van der Waals surface area (Å²) in [6.45, 7) is 2.68. The Morgan fingerprint density at radius 1 is 1.19 bits per heavy atom. The molecule has 2 N–H and O–H groups in total. The predicted octanol–water partition coefficient (Wildman–Crippen LogP) is 1.02. The first-order chi connectivity index (χ1) is 9.83. The number of nitrogens with one attached hydrogen (secondary N) is 2. The molecule has 0 radical (unpaired) electrons. The molecule has 0 atom stereocenters. The fourth-order valence-corrected chi connectivity index (χ4v) is 1.83. The van der Waals surface area contributed by atoms with Crippen LogP contribution in [-0.2, 0) is 4.74 Å². The van der Waals surface area contributed by atoms with Crippen LogP contribution in [0, 0.1) is 0 Å². The van der Waals surface area contributed by atoms with E-state index < -0.39 is 0 Å². The molecule has 7 heteroatoms. The Kier molecular flexibility index (Phi) is 7.60. The number of carbonyl (C=O) groups excluding carboxylic acids is 1. The van der Waals surface area contributed by atoms with E-state index in [1.807, 2.05) is 12.1 Å². The lowest BCUT2D eigenvalue weighted by Gasteiger charge is -2.08. The Labute approximate surface area is 129 Å². The van der Waals surface area contributed by atoms with E-state index in [4.69, 9.17) is 4.74 Å². The van der Waals surface area contributed by atoms with Crippen molar-refractivity contribution in [2.75, 3.05) is 33.4 Å². The van der Waals surface area contributed by atoms with Crippen molar-refractivity contribution in [2.24, 2.45) is 0 Å². The van der Waals surface area contributed by atoms with Crippen molar-refractivity contribution < 1.29 is 9.53 Å². The number of ether oxygens (including phenoxy) is 1. The Balaban J connectivity index is 0.00000220. The molecule has 0 aliphatic carbocycles. The van der Waals surface area contributed by atoms with Crippen molar-refractivity contribution in [3.63, 3.8) is 0 Å². The highest BCUT2D eigenvalue weighted by atomic mass is 35.5. The van der Waals surface area contributed by atoms with Gasteiger partial charge in [-0.25, -0.2) is 0 Å². The normalized spacial score (nSPS) is 10.1. The van der Waals surface area contributed by atoms with Gasteiger partial charge in [0, 0.05) is 39.1 Å². The molecular formula is C14H19ClN4O2. The van der Waals surface area contributed by atoms with Gasteiger partial charge >= 0.3 is 0 Å². The third kappa shape index (κ3) is 4.93. The molecule has 0 fully saturated rings. The third-order valence-electron chi connectivity index (χ3n) is 2.81. The predicted molar refractivity (Wildman–Crippen MR) is 83.9 cm³/mol. The molecule has 1 aromatic carbocycles. The second-order valence-corrected chi connectivity index (χ2v) is 4.23. The van der Waals surface area contributed by atoms with Gasteiger partial charge in [-0.2, -0.15) is 0 Å². The second kappa shape index (κ2) is 9.23. The summed E-state index contributed by atoms with van der Waals surface area (Å²) in [5.74, 6) is -0.135. The van der Waals surface area contributed by atoms with E-state index in [0.29, 0.717) is 30.8 Å². The van der Waals surface area contributed by atoms with Crippen molar-refractivity contribution in [1.29, 1.82) is 0 Å². The van der Waals surface area contributed by atoms with Gasteiger partial charge in [-0.05, 0) is 12.1 Å². The van der Waals surface area contributed by atoms with Crippen molar-refractivity contribution in [3.05, 3.63) is 36.2 Å². The zero-order valence-electron chi connectivity index (χ0n) is 11.8. The van der Waals surface area contributed by atoms with Crippen molar-refractivity contribution in [2.45, 2.75) is 0 Å². The van der Waals surface area contributed by atoms with Gasteiger partial charge in [0.15, 0.2) is 0 Å². The fourth-order valence-electron chi connectivity index (χ4n) is 1.83. The number of hydrogen-bond donors (Lipinski definition) is 2. The van der Waals surface area contributed by atoms with E-state index in [1.165, 1.54) is 0 Å². The van der Waals surface area contributed by atoms with Crippen LogP contribution in [0.15, 0.2) is 30.6 Å². The maximum absolute atomic E-state index is 12.1. The maximum atomic E-state index is 12.1. The molecule has 0 saturated heterocycles. The minimum absolute atomic E-state index is 0. The molecule has 114 valence electrons. The summed E-state index contributed by atoms with van der Waals surface area (Å²) in [6.07, 6.45) is 3.20. The van der Waals surface area contributed by atoms with Crippen LogP contribution in [0.25, 0.3) is 11.0 Å². The minimum atomic E-state index is -0.135. The number of nitrogens with zero attached hydrogens (tertiary/aromatic N) is 2. The maximum Gasteiger partial charge on any atom is 0.253 e. The number of rotatable bonds is 7. The molecule has 6 nitrogen and oxygen atoms in total. The quantitative estimate of drug-likeness (QED) is 0.747. The number of benzene rings is 1. The van der Waals surface area contributed by atoms with Gasteiger partial charge in [0.05, 0.1) is 17.7 Å². The summed E-state index contributed by atoms with van der Waals surface area (Å²) in [4.78, 5) is 20.5. The second-order valence-electron chi connectivity index (χ2n) is 4.23. The van der Waals surface area contributed by atoms with E-state index in [1.54, 1.807) is 25.6 Å². The summed E-state index contributed by atoms with van der Waals surface area (Å²) in [6, 6.07) is 5.40. The van der Waals surface area contributed by atoms with Gasteiger partial charge < -0.3 is 15.4 Å². The lowest BCUT2D eigenvalue weighted by molar-refractivity contribution is 0.0955. The molecule has 1 aromatic heterocycles. The molecule has 21 heavy (non-hydrogen) atoms. The highest BCUT2D eigenvalue weighted by Gasteiger charge is 2.10. The van der Waals surface area contributed by atoms with Gasteiger partial charge in [-0.3, -0.25) is 14.8 Å². The summed E-state index contributed by atoms with van der Waals surface area (Å²) in [7, 11) is 1.66. The van der Waals surface area contributed by atoms with Crippen molar-refractivity contribution in [3.8, 4) is 0 Å². The van der Waals surface area contributed by atoms with Crippen LogP contribution < -0.4 is 10.6 Å².